The van der Waals surface area contributed by atoms with Crippen LogP contribution in [0.3, 0.4) is 0 Å². The molecule has 4 aromatic rings. The minimum absolute atomic E-state index is 0.0844. The molecule has 0 radical (unpaired) electrons. The number of fused-ring (bicyclic) bond motifs is 3. The van der Waals surface area contributed by atoms with Gasteiger partial charge in [0.15, 0.2) is 5.16 Å². The largest absolute Gasteiger partial charge is 0.372 e. The van der Waals surface area contributed by atoms with Crippen molar-refractivity contribution in [3.05, 3.63) is 80.5 Å². The Morgan fingerprint density at radius 3 is 2.67 bits per heavy atom. The summed E-state index contributed by atoms with van der Waals surface area (Å²) in [6, 6.07) is 15.5. The number of aryl methyl sites for hydroxylation is 2. The van der Waals surface area contributed by atoms with E-state index in [1.807, 2.05) is 62.4 Å². The first-order valence-electron chi connectivity index (χ1n) is 12.1. The van der Waals surface area contributed by atoms with E-state index in [1.165, 1.54) is 23.1 Å². The van der Waals surface area contributed by atoms with Gasteiger partial charge in [0, 0.05) is 17.0 Å². The van der Waals surface area contributed by atoms with Crippen molar-refractivity contribution in [2.24, 2.45) is 5.92 Å². The first kappa shape index (κ1) is 24.7. The quantitative estimate of drug-likeness (QED) is 0.254. The van der Waals surface area contributed by atoms with E-state index in [-0.39, 0.29) is 23.3 Å². The molecule has 6 nitrogen and oxygen atoms in total. The lowest BCUT2D eigenvalue weighted by molar-refractivity contribution is -0.113. The van der Waals surface area contributed by atoms with Crippen molar-refractivity contribution in [2.45, 2.75) is 52.0 Å². The topological polar surface area (TPSA) is 73.2 Å². The number of thiophene rings is 1. The number of benzene rings is 2. The molecule has 1 N–H and O–H groups in total. The van der Waals surface area contributed by atoms with Crippen LogP contribution < -0.4 is 10.9 Å². The molecule has 186 valence electrons. The fraction of sp³-hybridized carbons (Fsp3) is 0.321. The van der Waals surface area contributed by atoms with Crippen LogP contribution in [0.5, 0.6) is 0 Å². The van der Waals surface area contributed by atoms with Crippen LogP contribution in [0.4, 0.5) is 5.69 Å². The number of ether oxygens (including phenoxy) is 1. The lowest BCUT2D eigenvalue weighted by atomic mass is 9.96. The highest BCUT2D eigenvalue weighted by molar-refractivity contribution is 7.99. The Hall–Kier alpha value is -2.94. The van der Waals surface area contributed by atoms with Crippen LogP contribution in [-0.4, -0.2) is 27.3 Å². The zero-order chi connectivity index (χ0) is 25.4. The molecule has 3 heterocycles. The first-order chi connectivity index (χ1) is 17.3. The minimum Gasteiger partial charge on any atom is -0.372 e. The average molecular weight is 520 g/mol. The fourth-order valence-electron chi connectivity index (χ4n) is 4.42. The van der Waals surface area contributed by atoms with Crippen molar-refractivity contribution in [1.29, 1.82) is 0 Å². The molecule has 0 unspecified atom stereocenters. The van der Waals surface area contributed by atoms with Gasteiger partial charge in [0.1, 0.15) is 4.83 Å². The van der Waals surface area contributed by atoms with Gasteiger partial charge in [-0.25, -0.2) is 4.98 Å². The third-order valence-corrected chi connectivity index (χ3v) is 8.52. The number of rotatable bonds is 6. The summed E-state index contributed by atoms with van der Waals surface area (Å²) in [4.78, 5) is 33.5. The third-order valence-electron chi connectivity index (χ3n) is 6.48. The number of hydrogen-bond acceptors (Lipinski definition) is 6. The smallest absolute Gasteiger partial charge is 0.267 e. The van der Waals surface area contributed by atoms with Crippen LogP contribution in [0.15, 0.2) is 58.5 Å². The summed E-state index contributed by atoms with van der Waals surface area (Å²) < 4.78 is 7.73. The van der Waals surface area contributed by atoms with Crippen molar-refractivity contribution >= 4 is 44.9 Å². The highest BCUT2D eigenvalue weighted by Crippen LogP contribution is 2.36. The number of nitrogens with one attached hydrogen (secondary N) is 1. The lowest BCUT2D eigenvalue weighted by Gasteiger charge is -2.26. The second kappa shape index (κ2) is 10.2. The normalized spacial score (nSPS) is 15.3. The molecule has 0 bridgehead atoms. The molecular weight excluding hydrogens is 490 g/mol. The summed E-state index contributed by atoms with van der Waals surface area (Å²) in [6.45, 7) is 8.78. The maximum absolute atomic E-state index is 14.1. The molecule has 0 saturated heterocycles. The van der Waals surface area contributed by atoms with Crippen molar-refractivity contribution in [3.8, 4) is 5.69 Å². The molecule has 0 saturated carbocycles. The average Bonchev–Trinajstić information content (AvgIpc) is 3.23. The Bertz CT molecular complexity index is 1490. The molecule has 1 amide bonds. The van der Waals surface area contributed by atoms with Gasteiger partial charge in [0.25, 0.3) is 5.56 Å². The number of hydrogen-bond donors (Lipinski definition) is 1. The fourth-order valence-corrected chi connectivity index (χ4v) is 6.39. The lowest BCUT2D eigenvalue weighted by Crippen LogP contribution is -2.28. The molecule has 1 atom stereocenters. The second-order valence-electron chi connectivity index (χ2n) is 9.51. The first-order valence-corrected chi connectivity index (χ1v) is 13.9. The number of para-hydroxylation sites is 1. The molecule has 1 aliphatic heterocycles. The van der Waals surface area contributed by atoms with Crippen LogP contribution in [0, 0.1) is 19.8 Å². The SMILES string of the molecule is Cc1ccc(NC(=O)CSc2nc3sc4c(c3c(=O)n2-c2ccccc2C)C[C@@H](C(C)C)OC4)cc1. The van der Waals surface area contributed by atoms with Gasteiger partial charge in [-0.15, -0.1) is 11.3 Å². The van der Waals surface area contributed by atoms with Crippen LogP contribution in [0.1, 0.15) is 35.4 Å². The molecule has 0 spiro atoms. The Morgan fingerprint density at radius 1 is 1.19 bits per heavy atom. The Labute approximate surface area is 218 Å². The van der Waals surface area contributed by atoms with Gasteiger partial charge in [-0.3, -0.25) is 14.2 Å². The standard InChI is InChI=1S/C28H29N3O3S2/c1-16(2)22-13-20-23(14-34-22)36-26-25(20)27(33)31(21-8-6-5-7-18(21)4)28(30-26)35-15-24(32)29-19-11-9-17(3)10-12-19/h5-12,16,22H,13-15H2,1-4H3,(H,29,32)/t22-/m0/s1. The summed E-state index contributed by atoms with van der Waals surface area (Å²) >= 11 is 2.80. The minimum atomic E-state index is -0.145. The van der Waals surface area contributed by atoms with E-state index in [4.69, 9.17) is 9.72 Å². The third kappa shape index (κ3) is 4.85. The highest BCUT2D eigenvalue weighted by atomic mass is 32.2. The number of carbonyl (C=O) groups is 1. The summed E-state index contributed by atoms with van der Waals surface area (Å²) in [5.41, 5.74) is 4.61. The number of amides is 1. The molecular formula is C28H29N3O3S2. The number of thioether (sulfide) groups is 1. The van der Waals surface area contributed by atoms with Gasteiger partial charge >= 0.3 is 0 Å². The van der Waals surface area contributed by atoms with Crippen molar-refractivity contribution in [2.75, 3.05) is 11.1 Å². The van der Waals surface area contributed by atoms with Crippen molar-refractivity contribution in [1.82, 2.24) is 9.55 Å². The summed E-state index contributed by atoms with van der Waals surface area (Å²) in [6.07, 6.45) is 0.796. The van der Waals surface area contributed by atoms with E-state index >= 15 is 0 Å². The predicted octanol–water partition coefficient (Wildman–Crippen LogP) is 5.89. The monoisotopic (exact) mass is 519 g/mol. The molecule has 36 heavy (non-hydrogen) atoms. The van der Waals surface area contributed by atoms with Gasteiger partial charge in [-0.2, -0.15) is 0 Å². The van der Waals surface area contributed by atoms with Gasteiger partial charge in [0.2, 0.25) is 5.91 Å². The summed E-state index contributed by atoms with van der Waals surface area (Å²) in [5.74, 6) is 0.358. The Kier molecular flexibility index (Phi) is 7.01. The Balaban J connectivity index is 1.54. The molecule has 0 fully saturated rings. The zero-order valence-electron chi connectivity index (χ0n) is 20.8. The molecule has 2 aromatic heterocycles. The van der Waals surface area contributed by atoms with Crippen LogP contribution in [0.2, 0.25) is 0 Å². The number of nitrogens with zero attached hydrogens (tertiary/aromatic N) is 2. The number of aromatic nitrogens is 2. The van der Waals surface area contributed by atoms with E-state index in [2.05, 4.69) is 19.2 Å². The second-order valence-corrected chi connectivity index (χ2v) is 11.5. The maximum Gasteiger partial charge on any atom is 0.267 e. The number of anilines is 1. The number of carbonyl (C=O) groups excluding carboxylic acids is 1. The molecule has 8 heteroatoms. The van der Waals surface area contributed by atoms with Crippen LogP contribution >= 0.6 is 23.1 Å². The Morgan fingerprint density at radius 2 is 1.94 bits per heavy atom. The molecule has 2 aromatic carbocycles. The van der Waals surface area contributed by atoms with Crippen LogP contribution in [-0.2, 0) is 22.6 Å². The zero-order valence-corrected chi connectivity index (χ0v) is 22.5. The van der Waals surface area contributed by atoms with E-state index in [0.717, 1.165) is 32.9 Å². The van der Waals surface area contributed by atoms with Gasteiger partial charge in [0.05, 0.1) is 29.5 Å². The van der Waals surface area contributed by atoms with E-state index in [1.54, 1.807) is 4.57 Å². The summed E-state index contributed by atoms with van der Waals surface area (Å²) in [5, 5.41) is 4.12. The highest BCUT2D eigenvalue weighted by Gasteiger charge is 2.29. The molecule has 0 aliphatic carbocycles. The van der Waals surface area contributed by atoms with Gasteiger partial charge in [-0.1, -0.05) is 61.5 Å². The van der Waals surface area contributed by atoms with Gasteiger partial charge < -0.3 is 10.1 Å². The van der Waals surface area contributed by atoms with E-state index < -0.39 is 0 Å². The molecule has 1 aliphatic rings. The van der Waals surface area contributed by atoms with E-state index in [0.29, 0.717) is 34.3 Å². The van der Waals surface area contributed by atoms with Crippen molar-refractivity contribution < 1.29 is 9.53 Å². The van der Waals surface area contributed by atoms with E-state index in [9.17, 15) is 9.59 Å². The molecule has 5 rings (SSSR count). The predicted molar refractivity (Wildman–Crippen MR) is 148 cm³/mol. The van der Waals surface area contributed by atoms with Crippen LogP contribution in [0.25, 0.3) is 15.9 Å². The van der Waals surface area contributed by atoms with Crippen molar-refractivity contribution in [3.63, 3.8) is 0 Å². The maximum atomic E-state index is 14.1. The van der Waals surface area contributed by atoms with Gasteiger partial charge in [-0.05, 0) is 49.1 Å². The summed E-state index contributed by atoms with van der Waals surface area (Å²) in [7, 11) is 0.